The van der Waals surface area contributed by atoms with E-state index in [1.54, 1.807) is 7.11 Å². The normalized spacial score (nSPS) is 18.5. The maximum Gasteiger partial charge on any atom is 0.225 e. The second-order valence-corrected chi connectivity index (χ2v) is 5.15. The molecule has 0 radical (unpaired) electrons. The molecule has 0 aromatic carbocycles. The van der Waals surface area contributed by atoms with Crippen molar-refractivity contribution in [1.29, 1.82) is 0 Å². The van der Waals surface area contributed by atoms with E-state index in [1.165, 1.54) is 0 Å². The molecule has 0 unspecified atom stereocenters. The molecule has 1 aliphatic heterocycles. The Bertz CT molecular complexity index is 248. The van der Waals surface area contributed by atoms with Gasteiger partial charge >= 0.3 is 0 Å². The zero-order valence-electron chi connectivity index (χ0n) is 11.2. The molecule has 0 aromatic heterocycles. The second kappa shape index (κ2) is 6.33. The first kappa shape index (κ1) is 14.4. The molecule has 17 heavy (non-hydrogen) atoms. The molecule has 1 rings (SSSR count). The Morgan fingerprint density at radius 2 is 1.88 bits per heavy atom. The first-order valence-electron chi connectivity index (χ1n) is 6.24. The Morgan fingerprint density at radius 1 is 1.29 bits per heavy atom. The van der Waals surface area contributed by atoms with Crippen LogP contribution in [0, 0.1) is 0 Å². The average Bonchev–Trinajstić information content (AvgIpc) is 2.30. The van der Waals surface area contributed by atoms with Gasteiger partial charge in [-0.25, -0.2) is 0 Å². The lowest BCUT2D eigenvalue weighted by Crippen LogP contribution is -2.50. The van der Waals surface area contributed by atoms with Crippen LogP contribution < -0.4 is 5.73 Å². The third kappa shape index (κ3) is 4.61. The standard InChI is InChI=1S/C12H25N3O2/c1-12(2,17-3)10-11(16)15-8-6-14(5-4-13)7-9-15/h4-10,13H2,1-3H3. The Hall–Kier alpha value is -0.650. The Labute approximate surface area is 104 Å². The number of nitrogens with two attached hydrogens (primary N) is 1. The molecule has 0 saturated carbocycles. The predicted molar refractivity (Wildman–Crippen MR) is 67.8 cm³/mol. The number of amides is 1. The van der Waals surface area contributed by atoms with Crippen LogP contribution in [0.2, 0.25) is 0 Å². The zero-order chi connectivity index (χ0) is 12.9. The van der Waals surface area contributed by atoms with Crippen molar-refractivity contribution in [3.05, 3.63) is 0 Å². The quantitative estimate of drug-likeness (QED) is 0.733. The number of hydrogen-bond acceptors (Lipinski definition) is 4. The van der Waals surface area contributed by atoms with Crippen LogP contribution in [0.3, 0.4) is 0 Å². The lowest BCUT2D eigenvalue weighted by molar-refractivity contribution is -0.138. The summed E-state index contributed by atoms with van der Waals surface area (Å²) in [7, 11) is 1.65. The monoisotopic (exact) mass is 243 g/mol. The van der Waals surface area contributed by atoms with Gasteiger partial charge in [0.05, 0.1) is 12.0 Å². The highest BCUT2D eigenvalue weighted by Gasteiger charge is 2.26. The summed E-state index contributed by atoms with van der Waals surface area (Å²) in [6, 6.07) is 0. The number of carbonyl (C=O) groups excluding carboxylic acids is 1. The number of rotatable bonds is 5. The van der Waals surface area contributed by atoms with E-state index in [0.717, 1.165) is 32.7 Å². The maximum absolute atomic E-state index is 12.0. The summed E-state index contributed by atoms with van der Waals surface area (Å²) < 4.78 is 5.28. The van der Waals surface area contributed by atoms with Gasteiger partial charge in [-0.2, -0.15) is 0 Å². The predicted octanol–water partition coefficient (Wildman–Crippen LogP) is -0.0956. The van der Waals surface area contributed by atoms with Crippen molar-refractivity contribution in [1.82, 2.24) is 9.80 Å². The molecular formula is C12H25N3O2. The molecule has 2 N–H and O–H groups in total. The first-order valence-corrected chi connectivity index (χ1v) is 6.24. The molecule has 1 aliphatic rings. The lowest BCUT2D eigenvalue weighted by Gasteiger charge is -2.36. The van der Waals surface area contributed by atoms with E-state index < -0.39 is 0 Å². The van der Waals surface area contributed by atoms with Crippen LogP contribution in [-0.4, -0.2) is 67.7 Å². The molecular weight excluding hydrogens is 218 g/mol. The molecule has 0 aliphatic carbocycles. The van der Waals surface area contributed by atoms with Crippen LogP contribution in [0.4, 0.5) is 0 Å². The number of ether oxygens (including phenoxy) is 1. The molecule has 1 fully saturated rings. The minimum Gasteiger partial charge on any atom is -0.378 e. The van der Waals surface area contributed by atoms with Crippen molar-refractivity contribution in [2.75, 3.05) is 46.4 Å². The highest BCUT2D eigenvalue weighted by atomic mass is 16.5. The smallest absolute Gasteiger partial charge is 0.225 e. The third-order valence-electron chi connectivity index (χ3n) is 3.30. The van der Waals surface area contributed by atoms with Gasteiger partial charge in [0, 0.05) is 46.4 Å². The Balaban J connectivity index is 2.36. The van der Waals surface area contributed by atoms with Crippen molar-refractivity contribution in [2.24, 2.45) is 5.73 Å². The van der Waals surface area contributed by atoms with E-state index in [0.29, 0.717) is 13.0 Å². The molecule has 1 heterocycles. The molecule has 0 bridgehead atoms. The number of nitrogens with zero attached hydrogens (tertiary/aromatic N) is 2. The van der Waals surface area contributed by atoms with Crippen LogP contribution in [-0.2, 0) is 9.53 Å². The van der Waals surface area contributed by atoms with Gasteiger partial charge in [0.2, 0.25) is 5.91 Å². The van der Waals surface area contributed by atoms with Crippen LogP contribution in [0.1, 0.15) is 20.3 Å². The SMILES string of the molecule is COC(C)(C)CC(=O)N1CCN(CCN)CC1. The van der Waals surface area contributed by atoms with Crippen LogP contribution in [0.15, 0.2) is 0 Å². The highest BCUT2D eigenvalue weighted by Crippen LogP contribution is 2.15. The minimum absolute atomic E-state index is 0.184. The maximum atomic E-state index is 12.0. The lowest BCUT2D eigenvalue weighted by atomic mass is 10.0. The molecule has 1 amide bonds. The molecule has 5 nitrogen and oxygen atoms in total. The molecule has 0 spiro atoms. The van der Waals surface area contributed by atoms with E-state index in [2.05, 4.69) is 4.90 Å². The molecule has 5 heteroatoms. The third-order valence-corrected chi connectivity index (χ3v) is 3.30. The summed E-state index contributed by atoms with van der Waals surface area (Å²) >= 11 is 0. The fourth-order valence-corrected chi connectivity index (χ4v) is 1.95. The van der Waals surface area contributed by atoms with E-state index in [-0.39, 0.29) is 11.5 Å². The largest absolute Gasteiger partial charge is 0.378 e. The van der Waals surface area contributed by atoms with Gasteiger partial charge in [-0.05, 0) is 13.8 Å². The summed E-state index contributed by atoms with van der Waals surface area (Å²) in [4.78, 5) is 16.3. The van der Waals surface area contributed by atoms with Crippen molar-refractivity contribution in [3.63, 3.8) is 0 Å². The van der Waals surface area contributed by atoms with Crippen LogP contribution >= 0.6 is 0 Å². The summed E-state index contributed by atoms with van der Waals surface area (Å²) in [6.07, 6.45) is 0.445. The van der Waals surface area contributed by atoms with Crippen LogP contribution in [0.5, 0.6) is 0 Å². The first-order chi connectivity index (χ1) is 7.98. The number of hydrogen-bond donors (Lipinski definition) is 1. The van der Waals surface area contributed by atoms with Gasteiger partial charge in [-0.3, -0.25) is 9.69 Å². The average molecular weight is 243 g/mol. The zero-order valence-corrected chi connectivity index (χ0v) is 11.2. The van der Waals surface area contributed by atoms with Crippen molar-refractivity contribution in [2.45, 2.75) is 25.9 Å². The Kier molecular flexibility index (Phi) is 5.36. The van der Waals surface area contributed by atoms with Gasteiger partial charge < -0.3 is 15.4 Å². The summed E-state index contributed by atoms with van der Waals surface area (Å²) in [5.74, 6) is 0.184. The minimum atomic E-state index is -0.370. The number of carbonyl (C=O) groups is 1. The van der Waals surface area contributed by atoms with Crippen molar-refractivity contribution < 1.29 is 9.53 Å². The summed E-state index contributed by atoms with van der Waals surface area (Å²) in [5.41, 5.74) is 5.15. The van der Waals surface area contributed by atoms with Gasteiger partial charge in [0.25, 0.3) is 0 Å². The molecule has 0 atom stereocenters. The van der Waals surface area contributed by atoms with Gasteiger partial charge in [0.15, 0.2) is 0 Å². The fraction of sp³-hybridized carbons (Fsp3) is 0.917. The summed E-state index contributed by atoms with van der Waals surface area (Å²) in [5, 5.41) is 0. The number of piperazine rings is 1. The van der Waals surface area contributed by atoms with Crippen molar-refractivity contribution >= 4 is 5.91 Å². The molecule has 100 valence electrons. The Morgan fingerprint density at radius 3 is 2.35 bits per heavy atom. The molecule has 0 aromatic rings. The molecule has 1 saturated heterocycles. The topological polar surface area (TPSA) is 58.8 Å². The highest BCUT2D eigenvalue weighted by molar-refractivity contribution is 5.77. The van der Waals surface area contributed by atoms with Gasteiger partial charge in [-0.15, -0.1) is 0 Å². The van der Waals surface area contributed by atoms with Crippen LogP contribution in [0.25, 0.3) is 0 Å². The summed E-state index contributed by atoms with van der Waals surface area (Å²) in [6.45, 7) is 8.95. The van der Waals surface area contributed by atoms with E-state index >= 15 is 0 Å². The number of methoxy groups -OCH3 is 1. The van der Waals surface area contributed by atoms with Gasteiger partial charge in [0.1, 0.15) is 0 Å². The van der Waals surface area contributed by atoms with Gasteiger partial charge in [-0.1, -0.05) is 0 Å². The fourth-order valence-electron chi connectivity index (χ4n) is 1.95. The van der Waals surface area contributed by atoms with E-state index in [9.17, 15) is 4.79 Å². The second-order valence-electron chi connectivity index (χ2n) is 5.15. The van der Waals surface area contributed by atoms with E-state index in [4.69, 9.17) is 10.5 Å². The van der Waals surface area contributed by atoms with E-state index in [1.807, 2.05) is 18.7 Å². The van der Waals surface area contributed by atoms with Crippen molar-refractivity contribution in [3.8, 4) is 0 Å².